The Balaban J connectivity index is 2.19. The van der Waals surface area contributed by atoms with Gasteiger partial charge in [-0.25, -0.2) is 9.18 Å². The molecule has 24 heavy (non-hydrogen) atoms. The van der Waals surface area contributed by atoms with Crippen LogP contribution in [0.5, 0.6) is 0 Å². The van der Waals surface area contributed by atoms with Crippen molar-refractivity contribution in [1.82, 2.24) is 4.57 Å². The number of ether oxygens (including phenoxy) is 1. The summed E-state index contributed by atoms with van der Waals surface area (Å²) in [5, 5.41) is 0. The van der Waals surface area contributed by atoms with Gasteiger partial charge in [-0.05, 0) is 43.7 Å². The normalized spacial score (nSPS) is 10.6. The van der Waals surface area contributed by atoms with Crippen molar-refractivity contribution < 1.29 is 13.9 Å². The summed E-state index contributed by atoms with van der Waals surface area (Å²) >= 11 is 0. The molecule has 0 N–H and O–H groups in total. The molecule has 0 fully saturated rings. The summed E-state index contributed by atoms with van der Waals surface area (Å²) in [6.45, 7) is 3.96. The number of carbonyl (C=O) groups excluding carboxylic acids is 1. The Hall–Kier alpha value is -2.88. The summed E-state index contributed by atoms with van der Waals surface area (Å²) < 4.78 is 20.3. The molecule has 0 spiro atoms. The summed E-state index contributed by atoms with van der Waals surface area (Å²) in [5.74, 6) is -0.646. The van der Waals surface area contributed by atoms with Crippen LogP contribution < -0.4 is 0 Å². The lowest BCUT2D eigenvalue weighted by Crippen LogP contribution is -2.07. The molecule has 3 nitrogen and oxygen atoms in total. The van der Waals surface area contributed by atoms with Crippen LogP contribution in [0.2, 0.25) is 0 Å². The van der Waals surface area contributed by atoms with Crippen molar-refractivity contribution in [2.24, 2.45) is 0 Å². The molecular formula is C20H18FNO2. The predicted molar refractivity (Wildman–Crippen MR) is 91.9 cm³/mol. The fourth-order valence-electron chi connectivity index (χ4n) is 2.77. The van der Waals surface area contributed by atoms with Gasteiger partial charge in [-0.3, -0.25) is 0 Å². The van der Waals surface area contributed by atoms with Crippen LogP contribution in [-0.4, -0.2) is 17.1 Å². The minimum Gasteiger partial charge on any atom is -0.462 e. The van der Waals surface area contributed by atoms with Crippen molar-refractivity contribution in [2.75, 3.05) is 6.61 Å². The highest BCUT2D eigenvalue weighted by Crippen LogP contribution is 2.30. The van der Waals surface area contributed by atoms with Gasteiger partial charge in [0.15, 0.2) is 0 Å². The van der Waals surface area contributed by atoms with E-state index < -0.39 is 0 Å². The first-order valence-electron chi connectivity index (χ1n) is 7.82. The minimum atomic E-state index is -0.352. The van der Waals surface area contributed by atoms with Crippen molar-refractivity contribution >= 4 is 5.97 Å². The first-order valence-corrected chi connectivity index (χ1v) is 7.82. The molecule has 0 bridgehead atoms. The molecule has 1 heterocycles. The van der Waals surface area contributed by atoms with Gasteiger partial charge in [-0.15, -0.1) is 0 Å². The van der Waals surface area contributed by atoms with E-state index in [0.717, 1.165) is 22.5 Å². The van der Waals surface area contributed by atoms with Gasteiger partial charge in [0.1, 0.15) is 5.82 Å². The molecule has 4 heteroatoms. The second-order valence-corrected chi connectivity index (χ2v) is 5.44. The Labute approximate surface area is 140 Å². The molecular weight excluding hydrogens is 305 g/mol. The van der Waals surface area contributed by atoms with Crippen molar-refractivity contribution in [3.8, 4) is 16.8 Å². The van der Waals surface area contributed by atoms with Crippen molar-refractivity contribution in [2.45, 2.75) is 13.8 Å². The number of hydrogen-bond donors (Lipinski definition) is 0. The van der Waals surface area contributed by atoms with Gasteiger partial charge < -0.3 is 9.30 Å². The number of esters is 1. The molecule has 1 aromatic heterocycles. The van der Waals surface area contributed by atoms with Gasteiger partial charge in [-0.2, -0.15) is 0 Å². The molecule has 0 amide bonds. The molecule has 0 saturated heterocycles. The lowest BCUT2D eigenvalue weighted by atomic mass is 10.0. The lowest BCUT2D eigenvalue weighted by molar-refractivity contribution is 0.0526. The third-order valence-corrected chi connectivity index (χ3v) is 3.92. The van der Waals surface area contributed by atoms with E-state index in [1.54, 1.807) is 19.1 Å². The highest BCUT2D eigenvalue weighted by molar-refractivity contribution is 5.99. The standard InChI is InChI=1S/C20H18FNO2/c1-3-24-20(23)19-14(2)22(17-11-9-16(21)10-12-17)13-18(19)15-7-5-4-6-8-15/h4-13H,3H2,1-2H3. The molecule has 0 aliphatic heterocycles. The van der Waals surface area contributed by atoms with E-state index in [9.17, 15) is 9.18 Å². The topological polar surface area (TPSA) is 31.2 Å². The third-order valence-electron chi connectivity index (χ3n) is 3.92. The van der Waals surface area contributed by atoms with Gasteiger partial charge in [-0.1, -0.05) is 30.3 Å². The van der Waals surface area contributed by atoms with Crippen LogP contribution in [0, 0.1) is 12.7 Å². The molecule has 122 valence electrons. The Morgan fingerprint density at radius 2 is 1.75 bits per heavy atom. The van der Waals surface area contributed by atoms with E-state index in [1.165, 1.54) is 12.1 Å². The summed E-state index contributed by atoms with van der Waals surface area (Å²) in [5.41, 5.74) is 3.83. The van der Waals surface area contributed by atoms with E-state index in [-0.39, 0.29) is 11.8 Å². The molecule has 2 aromatic carbocycles. The maximum atomic E-state index is 13.2. The van der Waals surface area contributed by atoms with Crippen molar-refractivity contribution in [1.29, 1.82) is 0 Å². The van der Waals surface area contributed by atoms with E-state index in [4.69, 9.17) is 4.74 Å². The smallest absolute Gasteiger partial charge is 0.340 e. The largest absolute Gasteiger partial charge is 0.462 e. The third kappa shape index (κ3) is 2.95. The fraction of sp³-hybridized carbons (Fsp3) is 0.150. The van der Waals surface area contributed by atoms with E-state index in [0.29, 0.717) is 12.2 Å². The number of aromatic nitrogens is 1. The van der Waals surface area contributed by atoms with Crippen LogP contribution in [0.3, 0.4) is 0 Å². The Kier molecular flexibility index (Phi) is 4.47. The van der Waals surface area contributed by atoms with Crippen LogP contribution in [0.1, 0.15) is 23.0 Å². The fourth-order valence-corrected chi connectivity index (χ4v) is 2.77. The maximum absolute atomic E-state index is 13.2. The molecule has 0 atom stereocenters. The van der Waals surface area contributed by atoms with Gasteiger partial charge in [0, 0.05) is 23.1 Å². The van der Waals surface area contributed by atoms with Crippen LogP contribution in [0.15, 0.2) is 60.8 Å². The molecule has 0 saturated carbocycles. The lowest BCUT2D eigenvalue weighted by Gasteiger charge is -2.07. The Morgan fingerprint density at radius 1 is 1.08 bits per heavy atom. The van der Waals surface area contributed by atoms with Gasteiger partial charge >= 0.3 is 5.97 Å². The van der Waals surface area contributed by atoms with Crippen LogP contribution in [0.4, 0.5) is 4.39 Å². The molecule has 3 rings (SSSR count). The SMILES string of the molecule is CCOC(=O)c1c(-c2ccccc2)cn(-c2ccc(F)cc2)c1C. The van der Waals surface area contributed by atoms with Gasteiger partial charge in [0.2, 0.25) is 0 Å². The molecule has 0 aliphatic carbocycles. The number of hydrogen-bond acceptors (Lipinski definition) is 2. The number of carbonyl (C=O) groups is 1. The molecule has 0 radical (unpaired) electrons. The average Bonchev–Trinajstić information content (AvgIpc) is 2.94. The van der Waals surface area contributed by atoms with E-state index >= 15 is 0 Å². The zero-order valence-corrected chi connectivity index (χ0v) is 13.6. The zero-order valence-electron chi connectivity index (χ0n) is 13.6. The summed E-state index contributed by atoms with van der Waals surface area (Å²) in [4.78, 5) is 12.5. The van der Waals surface area contributed by atoms with E-state index in [1.807, 2.05) is 48.0 Å². The highest BCUT2D eigenvalue weighted by atomic mass is 19.1. The van der Waals surface area contributed by atoms with Crippen LogP contribution in [-0.2, 0) is 4.74 Å². The number of halogens is 1. The summed E-state index contributed by atoms with van der Waals surface area (Å²) in [6.07, 6.45) is 1.89. The predicted octanol–water partition coefficient (Wildman–Crippen LogP) is 4.77. The van der Waals surface area contributed by atoms with Crippen molar-refractivity contribution in [3.63, 3.8) is 0 Å². The minimum absolute atomic E-state index is 0.294. The van der Waals surface area contributed by atoms with Crippen LogP contribution >= 0.6 is 0 Å². The molecule has 0 aliphatic rings. The Bertz CT molecular complexity index is 851. The molecule has 0 unspecified atom stereocenters. The van der Waals surface area contributed by atoms with E-state index in [2.05, 4.69) is 0 Å². The number of nitrogens with zero attached hydrogens (tertiary/aromatic N) is 1. The highest BCUT2D eigenvalue weighted by Gasteiger charge is 2.22. The second kappa shape index (κ2) is 6.71. The maximum Gasteiger partial charge on any atom is 0.340 e. The number of rotatable bonds is 4. The van der Waals surface area contributed by atoms with Crippen LogP contribution in [0.25, 0.3) is 16.8 Å². The Morgan fingerprint density at radius 3 is 2.38 bits per heavy atom. The average molecular weight is 323 g/mol. The van der Waals surface area contributed by atoms with Gasteiger partial charge in [0.25, 0.3) is 0 Å². The quantitative estimate of drug-likeness (QED) is 0.648. The zero-order chi connectivity index (χ0) is 17.1. The molecule has 3 aromatic rings. The van der Waals surface area contributed by atoms with Crippen molar-refractivity contribution in [3.05, 3.63) is 77.9 Å². The first-order chi connectivity index (χ1) is 11.6. The monoisotopic (exact) mass is 323 g/mol. The second-order valence-electron chi connectivity index (χ2n) is 5.44. The first kappa shape index (κ1) is 16.0. The number of benzene rings is 2. The van der Waals surface area contributed by atoms with Gasteiger partial charge in [0.05, 0.1) is 12.2 Å². The summed E-state index contributed by atoms with van der Waals surface area (Å²) in [6, 6.07) is 15.9. The summed E-state index contributed by atoms with van der Waals surface area (Å²) in [7, 11) is 0.